The molecule has 2 fully saturated rings. The van der Waals surface area contributed by atoms with Gasteiger partial charge in [-0.25, -0.2) is 12.2 Å². The van der Waals surface area contributed by atoms with Gasteiger partial charge in [-0.2, -0.15) is 6.08 Å². The molecular formula is C49H56Cl2Zr-2. The van der Waals surface area contributed by atoms with Crippen LogP contribution < -0.4 is 24.8 Å². The summed E-state index contributed by atoms with van der Waals surface area (Å²) in [5, 5.41) is 0. The molecule has 0 bridgehead atoms. The Morgan fingerprint density at radius 2 is 1.15 bits per heavy atom. The van der Waals surface area contributed by atoms with Crippen molar-refractivity contribution >= 4 is 3.21 Å². The summed E-state index contributed by atoms with van der Waals surface area (Å²) < 4.78 is 1.60. The first-order valence-electron chi connectivity index (χ1n) is 18.6. The summed E-state index contributed by atoms with van der Waals surface area (Å²) in [7, 11) is 0. The number of rotatable bonds is 4. The first-order valence-corrected chi connectivity index (χ1v) is 19.8. The van der Waals surface area contributed by atoms with Crippen molar-refractivity contribution in [1.29, 1.82) is 0 Å². The number of hydrogen-bond acceptors (Lipinski definition) is 0. The Bertz CT molecular complexity index is 1790. The quantitative estimate of drug-likeness (QED) is 0.326. The van der Waals surface area contributed by atoms with Crippen LogP contribution in [0.2, 0.25) is 0 Å². The number of allylic oxidation sites excluding steroid dienone is 16. The van der Waals surface area contributed by atoms with Gasteiger partial charge in [0.25, 0.3) is 0 Å². The molecule has 0 heterocycles. The van der Waals surface area contributed by atoms with Crippen LogP contribution >= 0.6 is 0 Å². The normalized spacial score (nSPS) is 37.7. The molecule has 0 N–H and O–H groups in total. The van der Waals surface area contributed by atoms with Crippen LogP contribution in [0.3, 0.4) is 0 Å². The molecule has 2 aromatic rings. The van der Waals surface area contributed by atoms with Crippen molar-refractivity contribution in [2.75, 3.05) is 0 Å². The molecule has 0 saturated heterocycles. The molecule has 0 amide bonds. The Kier molecular flexibility index (Phi) is 12.9. The Morgan fingerprint density at radius 3 is 1.62 bits per heavy atom. The fraction of sp³-hybridized carbons (Fsp3) is 0.388. The molecule has 0 spiro atoms. The summed E-state index contributed by atoms with van der Waals surface area (Å²) in [6, 6.07) is 21.4. The van der Waals surface area contributed by atoms with Crippen molar-refractivity contribution in [3.8, 4) is 0 Å². The minimum atomic E-state index is 0. The van der Waals surface area contributed by atoms with Crippen LogP contribution in [-0.2, 0) is 37.1 Å². The fourth-order valence-corrected chi connectivity index (χ4v) is 12.3. The van der Waals surface area contributed by atoms with Gasteiger partial charge in [0, 0.05) is 10.8 Å². The van der Waals surface area contributed by atoms with Crippen LogP contribution in [0, 0.1) is 56.3 Å². The monoisotopic (exact) mass is 804 g/mol. The number of hydrogen-bond donors (Lipinski definition) is 0. The maximum absolute atomic E-state index is 2.99. The van der Waals surface area contributed by atoms with E-state index in [1.165, 1.54) is 16.7 Å². The topological polar surface area (TPSA) is 0 Å². The average Bonchev–Trinajstić information content (AvgIpc) is 3.75. The van der Waals surface area contributed by atoms with Gasteiger partial charge in [-0.1, -0.05) is 115 Å². The maximum atomic E-state index is 2.99. The van der Waals surface area contributed by atoms with Gasteiger partial charge in [0.2, 0.25) is 0 Å². The van der Waals surface area contributed by atoms with E-state index in [0.29, 0.717) is 5.92 Å². The van der Waals surface area contributed by atoms with Crippen molar-refractivity contribution < 1.29 is 49.0 Å². The van der Waals surface area contributed by atoms with Crippen LogP contribution in [0.5, 0.6) is 0 Å². The van der Waals surface area contributed by atoms with Crippen LogP contribution in [0.4, 0.5) is 0 Å². The molecule has 272 valence electrons. The van der Waals surface area contributed by atoms with Gasteiger partial charge in [0.15, 0.2) is 0 Å². The van der Waals surface area contributed by atoms with E-state index in [-0.39, 0.29) is 62.7 Å². The number of halogens is 2. The third kappa shape index (κ3) is 6.09. The van der Waals surface area contributed by atoms with Crippen molar-refractivity contribution in [1.82, 2.24) is 0 Å². The van der Waals surface area contributed by atoms with Gasteiger partial charge in [-0.3, -0.25) is 6.08 Å². The van der Waals surface area contributed by atoms with Crippen LogP contribution in [0.25, 0.3) is 0 Å². The number of fused-ring (bicyclic) bond motifs is 8. The van der Waals surface area contributed by atoms with E-state index < -0.39 is 0 Å². The second-order valence-electron chi connectivity index (χ2n) is 16.6. The van der Waals surface area contributed by atoms with E-state index >= 15 is 0 Å². The predicted octanol–water partition coefficient (Wildman–Crippen LogP) is 6.15. The summed E-state index contributed by atoms with van der Waals surface area (Å²) in [5.74, 6) is 0.460. The average molecular weight is 807 g/mol. The zero-order valence-electron chi connectivity index (χ0n) is 32.4. The van der Waals surface area contributed by atoms with E-state index in [9.17, 15) is 0 Å². The molecule has 3 heteroatoms. The molecular weight excluding hydrogens is 751 g/mol. The molecule has 8 atom stereocenters. The van der Waals surface area contributed by atoms with E-state index in [0.717, 1.165) is 19.3 Å². The van der Waals surface area contributed by atoms with Gasteiger partial charge in [0.1, 0.15) is 0 Å². The first kappa shape index (κ1) is 42.4. The van der Waals surface area contributed by atoms with Crippen LogP contribution in [0.1, 0.15) is 72.9 Å². The summed E-state index contributed by atoms with van der Waals surface area (Å²) in [4.78, 5) is 0. The van der Waals surface area contributed by atoms with E-state index in [1.54, 1.807) is 27.4 Å². The third-order valence-corrected chi connectivity index (χ3v) is 16.0. The van der Waals surface area contributed by atoms with Gasteiger partial charge in [0.05, 0.1) is 0 Å². The second kappa shape index (κ2) is 15.8. The summed E-state index contributed by atoms with van der Waals surface area (Å²) in [5.41, 5.74) is 4.58. The SMILES string of the molecule is CC1=CC=CC2[CH-]C3(C)C4(C)C=CC=CC4(C)C4(C)C=CC=CC4(C)C3(C)C12C.[C-]1=CC=CC1.[Cl-].[Cl-].[Zr+2]=[C](Cc1ccccc1)Cc1ccccc1. The molecule has 8 unspecified atom stereocenters. The zero-order valence-corrected chi connectivity index (χ0v) is 36.4. The predicted molar refractivity (Wildman–Crippen MR) is 211 cm³/mol. The molecule has 6 aliphatic rings. The van der Waals surface area contributed by atoms with Gasteiger partial charge in [-0.05, 0) is 28.6 Å². The molecule has 0 aliphatic heterocycles. The minimum absolute atomic E-state index is 0. The van der Waals surface area contributed by atoms with Crippen molar-refractivity contribution in [3.05, 3.63) is 175 Å². The third-order valence-electron chi connectivity index (χ3n) is 15.1. The van der Waals surface area contributed by atoms with E-state index in [4.69, 9.17) is 0 Å². The molecule has 6 aliphatic carbocycles. The fourth-order valence-electron chi connectivity index (χ4n) is 11.3. The summed E-state index contributed by atoms with van der Waals surface area (Å²) in [6.07, 6.45) is 41.5. The van der Waals surface area contributed by atoms with Crippen molar-refractivity contribution in [2.24, 2.45) is 43.8 Å². The zero-order chi connectivity index (χ0) is 35.9. The van der Waals surface area contributed by atoms with E-state index in [1.807, 2.05) is 12.2 Å². The van der Waals surface area contributed by atoms with Gasteiger partial charge in [-0.15, -0.1) is 23.8 Å². The molecule has 2 saturated carbocycles. The van der Waals surface area contributed by atoms with Gasteiger partial charge >= 0.3 is 112 Å². The van der Waals surface area contributed by atoms with Crippen LogP contribution in [0.15, 0.2) is 151 Å². The first-order chi connectivity index (χ1) is 23.7. The molecule has 2 aromatic carbocycles. The van der Waals surface area contributed by atoms with Gasteiger partial charge < -0.3 is 31.2 Å². The molecule has 8 rings (SSSR count). The van der Waals surface area contributed by atoms with Crippen molar-refractivity contribution in [2.45, 2.75) is 74.7 Å². The Morgan fingerprint density at radius 1 is 0.673 bits per heavy atom. The standard InChI is InChI=1S/C29H37.C15H14.C5H5.2ClH.Zr/c1-21-14-13-15-22-20-27(6)25(4)18-10-9-16-23(25,2)24(3)17-11-12-19-26(24,5)29(27,8)28(21,22)7;1-3-8-14(9-4-1)12-7-13-15-10-5-2-6-11-15;1-2-4-5-3-1;;;/h9-20,22H,1-8H3;1-6,8-11H,12-13H2;1-3H,4H2;2*1H;/q-1;;-1;;;+2/p-2. The van der Waals surface area contributed by atoms with E-state index in [2.05, 4.69) is 201 Å². The van der Waals surface area contributed by atoms with Crippen LogP contribution in [-0.4, -0.2) is 3.21 Å². The number of benzene rings is 2. The Labute approximate surface area is 343 Å². The molecule has 0 radical (unpaired) electrons. The summed E-state index contributed by atoms with van der Waals surface area (Å²) >= 11 is 1.55. The molecule has 52 heavy (non-hydrogen) atoms. The Balaban J connectivity index is 0.000000221. The molecule has 0 nitrogen and oxygen atoms in total. The second-order valence-corrected chi connectivity index (χ2v) is 18.4. The van der Waals surface area contributed by atoms with Crippen molar-refractivity contribution in [3.63, 3.8) is 0 Å². The summed E-state index contributed by atoms with van der Waals surface area (Å²) in [6.45, 7) is 20.3. The Hall–Kier alpha value is -2.31. The molecule has 0 aromatic heterocycles.